The molecule has 0 spiro atoms. The Morgan fingerprint density at radius 1 is 1.03 bits per heavy atom. The van der Waals surface area contributed by atoms with Crippen molar-refractivity contribution in [1.29, 1.82) is 0 Å². The number of carbonyl (C=O) groups is 2. The van der Waals surface area contributed by atoms with Crippen LogP contribution in [0, 0.1) is 10.1 Å². The van der Waals surface area contributed by atoms with Gasteiger partial charge < -0.3 is 5.43 Å². The minimum absolute atomic E-state index is 0.000182. The number of nitro benzene ring substituents is 1. The molecular weight excluding hydrogens is 410 g/mol. The Morgan fingerprint density at radius 2 is 1.62 bits per heavy atom. The van der Waals surface area contributed by atoms with Gasteiger partial charge in [0.05, 0.1) is 21.9 Å². The van der Waals surface area contributed by atoms with E-state index in [1.807, 2.05) is 24.3 Å². The molecule has 0 fully saturated rings. The van der Waals surface area contributed by atoms with Crippen LogP contribution in [0.5, 0.6) is 0 Å². The fraction of sp³-hybridized carbons (Fsp3) is 0.261. The molecule has 0 aliphatic carbocycles. The van der Waals surface area contributed by atoms with Crippen LogP contribution in [0.2, 0.25) is 0 Å². The summed E-state index contributed by atoms with van der Waals surface area (Å²) in [6, 6.07) is 12.9. The van der Waals surface area contributed by atoms with Crippen LogP contribution in [0.1, 0.15) is 50.5 Å². The van der Waals surface area contributed by atoms with Crippen LogP contribution in [0.4, 0.5) is 11.4 Å². The molecule has 166 valence electrons. The maximum absolute atomic E-state index is 13.0. The molecule has 0 unspecified atom stereocenters. The molecule has 0 atom stereocenters. The van der Waals surface area contributed by atoms with Crippen molar-refractivity contribution in [2.24, 2.45) is 5.10 Å². The van der Waals surface area contributed by atoms with E-state index in [4.69, 9.17) is 0 Å². The number of amides is 2. The highest BCUT2D eigenvalue weighted by Crippen LogP contribution is 2.28. The Hall–Kier alpha value is -4.01. The Kier molecular flexibility index (Phi) is 6.11. The monoisotopic (exact) mass is 435 g/mol. The summed E-state index contributed by atoms with van der Waals surface area (Å²) >= 11 is 0. The fourth-order valence-electron chi connectivity index (χ4n) is 3.24. The van der Waals surface area contributed by atoms with Gasteiger partial charge in [0.15, 0.2) is 0 Å². The van der Waals surface area contributed by atoms with E-state index in [0.29, 0.717) is 22.7 Å². The average Bonchev–Trinajstić information content (AvgIpc) is 3.05. The van der Waals surface area contributed by atoms with Gasteiger partial charge in [-0.25, -0.2) is 0 Å². The summed E-state index contributed by atoms with van der Waals surface area (Å²) in [5.41, 5.74) is 8.48. The molecule has 1 aliphatic rings. The van der Waals surface area contributed by atoms with Crippen molar-refractivity contribution >= 4 is 28.9 Å². The van der Waals surface area contributed by atoms with E-state index in [1.165, 1.54) is 29.3 Å². The van der Waals surface area contributed by atoms with Crippen LogP contribution in [0.25, 0.3) is 0 Å². The number of anilines is 1. The molecule has 2 aromatic rings. The van der Waals surface area contributed by atoms with Gasteiger partial charge in [-0.05, 0) is 49.1 Å². The highest BCUT2D eigenvalue weighted by Gasteiger charge is 2.31. The van der Waals surface area contributed by atoms with E-state index in [0.717, 1.165) is 5.56 Å². The predicted molar refractivity (Wildman–Crippen MR) is 122 cm³/mol. The standard InChI is InChI=1S/C23H25N5O4/c1-14(24-25-21(29)16-6-10-19(11-7-16)28(31)32)20-15(2)26-27(22(20)30)18-12-8-17(9-13-18)23(3,4)5/h6-13,24H,1-5H3,(H,25,29)/b20-14-. The van der Waals surface area contributed by atoms with E-state index >= 15 is 0 Å². The first kappa shape index (κ1) is 22.7. The molecule has 9 nitrogen and oxygen atoms in total. The Morgan fingerprint density at radius 3 is 2.16 bits per heavy atom. The van der Waals surface area contributed by atoms with E-state index in [2.05, 4.69) is 36.7 Å². The van der Waals surface area contributed by atoms with Gasteiger partial charge in [0.1, 0.15) is 0 Å². The molecular formula is C23H25N5O4. The van der Waals surface area contributed by atoms with Crippen LogP contribution in [0.15, 0.2) is 64.9 Å². The Balaban J connectivity index is 1.72. The van der Waals surface area contributed by atoms with Crippen molar-refractivity contribution in [3.63, 3.8) is 0 Å². The molecule has 2 aromatic carbocycles. The van der Waals surface area contributed by atoms with Crippen LogP contribution in [-0.4, -0.2) is 22.4 Å². The number of hydrogen-bond donors (Lipinski definition) is 2. The highest BCUT2D eigenvalue weighted by molar-refractivity contribution is 6.30. The van der Waals surface area contributed by atoms with Crippen molar-refractivity contribution < 1.29 is 14.5 Å². The largest absolute Gasteiger partial charge is 0.302 e. The van der Waals surface area contributed by atoms with Crippen molar-refractivity contribution in [1.82, 2.24) is 10.9 Å². The summed E-state index contributed by atoms with van der Waals surface area (Å²) in [4.78, 5) is 35.5. The lowest BCUT2D eigenvalue weighted by molar-refractivity contribution is -0.384. The summed E-state index contributed by atoms with van der Waals surface area (Å²) in [6.07, 6.45) is 0. The molecule has 0 bridgehead atoms. The predicted octanol–water partition coefficient (Wildman–Crippen LogP) is 3.82. The number of nitrogens with one attached hydrogen (secondary N) is 2. The number of hydrazine groups is 1. The van der Waals surface area contributed by atoms with E-state index in [-0.39, 0.29) is 22.6 Å². The zero-order chi connectivity index (χ0) is 23.6. The minimum atomic E-state index is -0.537. The first-order valence-corrected chi connectivity index (χ1v) is 10.0. The highest BCUT2D eigenvalue weighted by atomic mass is 16.6. The van der Waals surface area contributed by atoms with Crippen molar-refractivity contribution in [2.75, 3.05) is 5.01 Å². The van der Waals surface area contributed by atoms with Gasteiger partial charge in [-0.3, -0.25) is 25.1 Å². The Labute approximate surface area is 185 Å². The third kappa shape index (κ3) is 4.66. The second kappa shape index (κ2) is 8.62. The first-order chi connectivity index (χ1) is 15.0. The van der Waals surface area contributed by atoms with Crippen LogP contribution >= 0.6 is 0 Å². The SMILES string of the molecule is CC1=NN(c2ccc(C(C)(C)C)cc2)C(=O)/C1=C(/C)NNC(=O)c1ccc([N+](=O)[O-])cc1. The second-order valence-electron chi connectivity index (χ2n) is 8.48. The Bertz CT molecular complexity index is 1130. The number of rotatable bonds is 5. The van der Waals surface area contributed by atoms with Gasteiger partial charge in [-0.1, -0.05) is 32.9 Å². The smallest absolute Gasteiger partial charge is 0.282 e. The number of nitro groups is 1. The number of hydrazone groups is 1. The topological polar surface area (TPSA) is 117 Å². The molecule has 0 saturated heterocycles. The molecule has 9 heteroatoms. The molecule has 0 saturated carbocycles. The minimum Gasteiger partial charge on any atom is -0.302 e. The molecule has 3 rings (SSSR count). The number of nitrogens with zero attached hydrogens (tertiary/aromatic N) is 3. The summed E-state index contributed by atoms with van der Waals surface area (Å²) in [5, 5.41) is 16.4. The van der Waals surface area contributed by atoms with E-state index in [9.17, 15) is 19.7 Å². The number of benzene rings is 2. The summed E-state index contributed by atoms with van der Waals surface area (Å²) < 4.78 is 0. The molecule has 1 aliphatic heterocycles. The van der Waals surface area contributed by atoms with Crippen molar-refractivity contribution in [3.8, 4) is 0 Å². The first-order valence-electron chi connectivity index (χ1n) is 10.0. The summed E-state index contributed by atoms with van der Waals surface area (Å²) in [6.45, 7) is 9.74. The number of carbonyl (C=O) groups excluding carboxylic acids is 2. The second-order valence-corrected chi connectivity index (χ2v) is 8.48. The van der Waals surface area contributed by atoms with Crippen molar-refractivity contribution in [3.05, 3.63) is 81.0 Å². The lowest BCUT2D eigenvalue weighted by Crippen LogP contribution is -2.37. The number of hydrogen-bond acceptors (Lipinski definition) is 6. The average molecular weight is 435 g/mol. The van der Waals surface area contributed by atoms with Gasteiger partial charge in [0.25, 0.3) is 17.5 Å². The number of allylic oxidation sites excluding steroid dienone is 1. The zero-order valence-electron chi connectivity index (χ0n) is 18.6. The normalized spacial score (nSPS) is 15.3. The lowest BCUT2D eigenvalue weighted by atomic mass is 9.87. The fourth-order valence-corrected chi connectivity index (χ4v) is 3.24. The lowest BCUT2D eigenvalue weighted by Gasteiger charge is -2.20. The molecule has 2 N–H and O–H groups in total. The third-order valence-corrected chi connectivity index (χ3v) is 5.07. The van der Waals surface area contributed by atoms with Crippen LogP contribution < -0.4 is 15.9 Å². The molecule has 2 amide bonds. The van der Waals surface area contributed by atoms with Crippen LogP contribution in [-0.2, 0) is 10.2 Å². The quantitative estimate of drug-likeness (QED) is 0.421. The molecule has 0 radical (unpaired) electrons. The van der Waals surface area contributed by atoms with E-state index in [1.54, 1.807) is 13.8 Å². The number of non-ortho nitro benzene ring substituents is 1. The van der Waals surface area contributed by atoms with Gasteiger partial charge in [0, 0.05) is 23.4 Å². The van der Waals surface area contributed by atoms with Gasteiger partial charge in [-0.15, -0.1) is 0 Å². The summed E-state index contributed by atoms with van der Waals surface area (Å²) in [7, 11) is 0. The maximum Gasteiger partial charge on any atom is 0.282 e. The van der Waals surface area contributed by atoms with Gasteiger partial charge in [0.2, 0.25) is 0 Å². The van der Waals surface area contributed by atoms with Gasteiger partial charge >= 0.3 is 0 Å². The zero-order valence-corrected chi connectivity index (χ0v) is 18.6. The third-order valence-electron chi connectivity index (χ3n) is 5.07. The van der Waals surface area contributed by atoms with Crippen molar-refractivity contribution in [2.45, 2.75) is 40.0 Å². The van der Waals surface area contributed by atoms with Crippen LogP contribution in [0.3, 0.4) is 0 Å². The molecule has 0 aromatic heterocycles. The summed E-state index contributed by atoms with van der Waals surface area (Å²) in [5.74, 6) is -0.796. The van der Waals surface area contributed by atoms with Gasteiger partial charge in [-0.2, -0.15) is 10.1 Å². The molecule has 1 heterocycles. The van der Waals surface area contributed by atoms with E-state index < -0.39 is 10.8 Å². The molecule has 32 heavy (non-hydrogen) atoms. The maximum atomic E-state index is 13.0.